The summed E-state index contributed by atoms with van der Waals surface area (Å²) in [7, 11) is 0. The Morgan fingerprint density at radius 2 is 2.27 bits per heavy atom. The second kappa shape index (κ2) is 4.37. The summed E-state index contributed by atoms with van der Waals surface area (Å²) >= 11 is 7.30. The highest BCUT2D eigenvalue weighted by atomic mass is 35.5. The number of hydrogen-bond donors (Lipinski definition) is 1. The molecule has 1 aliphatic rings. The molecule has 1 aromatic heterocycles. The van der Waals surface area contributed by atoms with Crippen molar-refractivity contribution in [3.63, 3.8) is 0 Å². The lowest BCUT2D eigenvalue weighted by atomic mass is 9.79. The third-order valence-corrected chi connectivity index (χ3v) is 3.96. The van der Waals surface area contributed by atoms with Gasteiger partial charge in [-0.2, -0.15) is 0 Å². The first-order valence-electron chi connectivity index (χ1n) is 4.87. The minimum Gasteiger partial charge on any atom is -0.478 e. The fourth-order valence-corrected chi connectivity index (χ4v) is 2.85. The van der Waals surface area contributed by atoms with Gasteiger partial charge in [-0.25, -0.2) is 4.79 Å². The van der Waals surface area contributed by atoms with E-state index in [9.17, 15) is 4.79 Å². The van der Waals surface area contributed by atoms with E-state index in [4.69, 9.17) is 16.7 Å². The number of rotatable bonds is 3. The van der Waals surface area contributed by atoms with E-state index < -0.39 is 5.97 Å². The second-order valence-electron chi connectivity index (χ2n) is 3.67. The van der Waals surface area contributed by atoms with E-state index in [1.807, 2.05) is 12.1 Å². The highest BCUT2D eigenvalue weighted by Crippen LogP contribution is 2.41. The maximum absolute atomic E-state index is 10.7. The zero-order valence-corrected chi connectivity index (χ0v) is 9.64. The first-order chi connectivity index (χ1) is 7.16. The van der Waals surface area contributed by atoms with E-state index in [0.717, 1.165) is 23.3 Å². The predicted octanol–water partition coefficient (Wildman–Crippen LogP) is 3.67. The Morgan fingerprint density at radius 1 is 1.53 bits per heavy atom. The summed E-state index contributed by atoms with van der Waals surface area (Å²) in [5.74, 6) is -0.461. The summed E-state index contributed by atoms with van der Waals surface area (Å²) in [5, 5.41) is 8.82. The van der Waals surface area contributed by atoms with Gasteiger partial charge >= 0.3 is 5.97 Å². The molecule has 1 heterocycles. The maximum atomic E-state index is 10.7. The van der Waals surface area contributed by atoms with Crippen LogP contribution in [-0.4, -0.2) is 11.1 Å². The van der Waals surface area contributed by atoms with Crippen LogP contribution in [0.2, 0.25) is 4.34 Å². The Hall–Kier alpha value is -0.800. The Morgan fingerprint density at radius 3 is 2.67 bits per heavy atom. The van der Waals surface area contributed by atoms with Gasteiger partial charge in [0.1, 0.15) is 0 Å². The van der Waals surface area contributed by atoms with Gasteiger partial charge in [0.05, 0.1) is 4.34 Å². The number of aliphatic carboxylic acids is 1. The molecule has 1 N–H and O–H groups in total. The van der Waals surface area contributed by atoms with Gasteiger partial charge in [-0.3, -0.25) is 0 Å². The van der Waals surface area contributed by atoms with Crippen LogP contribution in [0, 0.1) is 5.92 Å². The average molecular weight is 243 g/mol. The highest BCUT2D eigenvalue weighted by Gasteiger charge is 2.24. The minimum atomic E-state index is -0.874. The number of thiophene rings is 1. The predicted molar refractivity (Wildman–Crippen MR) is 62.3 cm³/mol. The average Bonchev–Trinajstić information content (AvgIpc) is 2.46. The van der Waals surface area contributed by atoms with E-state index in [2.05, 4.69) is 0 Å². The number of carboxylic acids is 1. The Kier molecular flexibility index (Phi) is 3.12. The summed E-state index contributed by atoms with van der Waals surface area (Å²) in [4.78, 5) is 11.7. The lowest BCUT2D eigenvalue weighted by molar-refractivity contribution is -0.131. The number of carbonyl (C=O) groups is 1. The van der Waals surface area contributed by atoms with Crippen molar-refractivity contribution < 1.29 is 9.90 Å². The molecular weight excluding hydrogens is 232 g/mol. The summed E-state index contributed by atoms with van der Waals surface area (Å²) in [6.07, 6.45) is 4.70. The molecule has 0 aromatic carbocycles. The van der Waals surface area contributed by atoms with Gasteiger partial charge in [-0.15, -0.1) is 11.3 Å². The van der Waals surface area contributed by atoms with Gasteiger partial charge < -0.3 is 5.11 Å². The zero-order chi connectivity index (χ0) is 10.8. The largest absolute Gasteiger partial charge is 0.478 e. The molecule has 1 fully saturated rings. The van der Waals surface area contributed by atoms with Crippen LogP contribution in [0.25, 0.3) is 5.57 Å². The van der Waals surface area contributed by atoms with Gasteiger partial charge in [0.15, 0.2) is 0 Å². The molecule has 15 heavy (non-hydrogen) atoms. The van der Waals surface area contributed by atoms with Crippen molar-refractivity contribution in [2.75, 3.05) is 0 Å². The van der Waals surface area contributed by atoms with Gasteiger partial charge in [-0.1, -0.05) is 18.0 Å². The highest BCUT2D eigenvalue weighted by molar-refractivity contribution is 7.17. The molecule has 0 bridgehead atoms. The fraction of sp³-hybridized carbons (Fsp3) is 0.364. The van der Waals surface area contributed by atoms with Crippen LogP contribution in [0.3, 0.4) is 0 Å². The monoisotopic (exact) mass is 242 g/mol. The van der Waals surface area contributed by atoms with Crippen molar-refractivity contribution in [3.8, 4) is 0 Å². The van der Waals surface area contributed by atoms with E-state index >= 15 is 0 Å². The molecule has 0 aliphatic heterocycles. The van der Waals surface area contributed by atoms with Gasteiger partial charge in [0.2, 0.25) is 0 Å². The van der Waals surface area contributed by atoms with Crippen molar-refractivity contribution in [2.24, 2.45) is 5.92 Å². The Bertz CT molecular complexity index is 404. The molecule has 1 saturated carbocycles. The second-order valence-corrected chi connectivity index (χ2v) is 5.38. The molecule has 0 saturated heterocycles. The minimum absolute atomic E-state index is 0.413. The molecule has 0 atom stereocenters. The lowest BCUT2D eigenvalue weighted by Crippen LogP contribution is -2.13. The molecule has 0 amide bonds. The first-order valence-corrected chi connectivity index (χ1v) is 6.06. The summed E-state index contributed by atoms with van der Waals surface area (Å²) in [6, 6.07) is 3.72. The van der Waals surface area contributed by atoms with E-state index in [-0.39, 0.29) is 0 Å². The molecule has 0 unspecified atom stereocenters. The summed E-state index contributed by atoms with van der Waals surface area (Å²) < 4.78 is 0.709. The quantitative estimate of drug-likeness (QED) is 0.822. The fourth-order valence-electron chi connectivity index (χ4n) is 1.71. The SMILES string of the molecule is O=C(O)/C=C(/c1ccc(Cl)s1)C1CCC1. The number of halogens is 1. The molecule has 0 radical (unpaired) electrons. The van der Waals surface area contributed by atoms with E-state index in [1.165, 1.54) is 23.8 Å². The topological polar surface area (TPSA) is 37.3 Å². The van der Waals surface area contributed by atoms with E-state index in [1.54, 1.807) is 0 Å². The van der Waals surface area contributed by atoms with Crippen molar-refractivity contribution in [1.29, 1.82) is 0 Å². The van der Waals surface area contributed by atoms with Crippen LogP contribution in [-0.2, 0) is 4.79 Å². The first kappa shape index (κ1) is 10.7. The number of hydrogen-bond acceptors (Lipinski definition) is 2. The van der Waals surface area contributed by atoms with Crippen LogP contribution < -0.4 is 0 Å². The Labute approximate surface area is 97.2 Å². The zero-order valence-electron chi connectivity index (χ0n) is 8.07. The molecule has 1 aromatic rings. The maximum Gasteiger partial charge on any atom is 0.328 e. The van der Waals surface area contributed by atoms with Crippen LogP contribution in [0.15, 0.2) is 18.2 Å². The van der Waals surface area contributed by atoms with E-state index in [0.29, 0.717) is 10.3 Å². The molecule has 80 valence electrons. The van der Waals surface area contributed by atoms with Gasteiger partial charge in [0, 0.05) is 11.0 Å². The standard InChI is InChI=1S/C11H11ClO2S/c12-10-5-4-9(15-10)8(6-11(13)14)7-2-1-3-7/h4-7H,1-3H2,(H,13,14)/b8-6+. The molecule has 4 heteroatoms. The smallest absolute Gasteiger partial charge is 0.328 e. The third-order valence-electron chi connectivity index (χ3n) is 2.68. The van der Waals surface area contributed by atoms with Crippen molar-refractivity contribution in [1.82, 2.24) is 0 Å². The van der Waals surface area contributed by atoms with Crippen molar-refractivity contribution in [3.05, 3.63) is 27.4 Å². The normalized spacial score (nSPS) is 17.5. The summed E-state index contributed by atoms with van der Waals surface area (Å²) in [6.45, 7) is 0. The summed E-state index contributed by atoms with van der Waals surface area (Å²) in [5.41, 5.74) is 0.936. The lowest BCUT2D eigenvalue weighted by Gasteiger charge is -2.27. The molecule has 0 spiro atoms. The number of carboxylic acid groups (broad SMARTS) is 1. The van der Waals surface area contributed by atoms with Crippen molar-refractivity contribution >= 4 is 34.5 Å². The van der Waals surface area contributed by atoms with Crippen LogP contribution >= 0.6 is 22.9 Å². The molecule has 2 rings (SSSR count). The van der Waals surface area contributed by atoms with Gasteiger partial charge in [-0.05, 0) is 36.5 Å². The molecule has 2 nitrogen and oxygen atoms in total. The number of allylic oxidation sites excluding steroid dienone is 1. The third kappa shape index (κ3) is 2.41. The van der Waals surface area contributed by atoms with Crippen LogP contribution in [0.1, 0.15) is 24.1 Å². The Balaban J connectivity index is 2.29. The van der Waals surface area contributed by atoms with Crippen LogP contribution in [0.4, 0.5) is 0 Å². The van der Waals surface area contributed by atoms with Gasteiger partial charge in [0.25, 0.3) is 0 Å². The van der Waals surface area contributed by atoms with Crippen LogP contribution in [0.5, 0.6) is 0 Å². The van der Waals surface area contributed by atoms with Crippen molar-refractivity contribution in [2.45, 2.75) is 19.3 Å². The molecule has 1 aliphatic carbocycles. The molecular formula is C11H11ClO2S.